The van der Waals surface area contributed by atoms with Crippen LogP contribution in [0.5, 0.6) is 0 Å². The van der Waals surface area contributed by atoms with Crippen LogP contribution in [0.2, 0.25) is 0 Å². The first-order valence-electron chi connectivity index (χ1n) is 5.06. The molecule has 0 aliphatic carbocycles. The van der Waals surface area contributed by atoms with Gasteiger partial charge in [-0.3, -0.25) is 4.79 Å². The third-order valence-corrected chi connectivity index (χ3v) is 2.92. The summed E-state index contributed by atoms with van der Waals surface area (Å²) < 4.78 is 1.55. The number of hydrogen-bond donors (Lipinski definition) is 0. The van der Waals surface area contributed by atoms with Gasteiger partial charge in [0.15, 0.2) is 0 Å². The molecule has 3 heteroatoms. The largest absolute Gasteiger partial charge is 0.310 e. The van der Waals surface area contributed by atoms with Gasteiger partial charge in [0.2, 0.25) is 0 Å². The zero-order valence-electron chi connectivity index (χ0n) is 9.53. The third-order valence-electron chi connectivity index (χ3n) is 2.92. The van der Waals surface area contributed by atoms with Crippen molar-refractivity contribution in [2.75, 3.05) is 0 Å². The van der Waals surface area contributed by atoms with Crippen LogP contribution >= 0.6 is 0 Å². The summed E-state index contributed by atoms with van der Waals surface area (Å²) in [7, 11) is 1.71. The van der Waals surface area contributed by atoms with Crippen LogP contribution in [0.15, 0.2) is 23.0 Å². The van der Waals surface area contributed by atoms with Crippen LogP contribution in [0.1, 0.15) is 16.7 Å². The Balaban J connectivity index is 3.11. The number of hydrogen-bond acceptors (Lipinski definition) is 2. The molecule has 16 heavy (non-hydrogen) atoms. The van der Waals surface area contributed by atoms with E-state index >= 15 is 0 Å². The number of aromatic nitrogens is 1. The second-order valence-corrected chi connectivity index (χ2v) is 4.00. The predicted molar refractivity (Wildman–Crippen MR) is 63.4 cm³/mol. The van der Waals surface area contributed by atoms with E-state index in [4.69, 9.17) is 5.26 Å². The molecule has 0 saturated heterocycles. The standard InChI is InChI=1S/C13H12N2O/c1-8-4-5-9(2)12-11(8)6-10(7-14)13(16)15(12)3/h4-6H,1-3H3. The second kappa shape index (κ2) is 3.49. The Labute approximate surface area is 93.6 Å². The van der Waals surface area contributed by atoms with E-state index in [0.29, 0.717) is 0 Å². The van der Waals surface area contributed by atoms with Gasteiger partial charge in [-0.25, -0.2) is 0 Å². The van der Waals surface area contributed by atoms with Gasteiger partial charge in [0.25, 0.3) is 5.56 Å². The molecule has 0 unspecified atom stereocenters. The lowest BCUT2D eigenvalue weighted by Gasteiger charge is -2.10. The maximum absolute atomic E-state index is 11.8. The summed E-state index contributed by atoms with van der Waals surface area (Å²) in [6.07, 6.45) is 0. The maximum atomic E-state index is 11.8. The highest BCUT2D eigenvalue weighted by Gasteiger charge is 2.09. The van der Waals surface area contributed by atoms with E-state index in [1.54, 1.807) is 17.7 Å². The van der Waals surface area contributed by atoms with Gasteiger partial charge in [-0.05, 0) is 31.0 Å². The van der Waals surface area contributed by atoms with E-state index in [1.807, 2.05) is 32.0 Å². The summed E-state index contributed by atoms with van der Waals surface area (Å²) in [6, 6.07) is 7.61. The highest BCUT2D eigenvalue weighted by molar-refractivity contribution is 5.86. The van der Waals surface area contributed by atoms with Crippen molar-refractivity contribution in [3.05, 3.63) is 45.2 Å². The van der Waals surface area contributed by atoms with Crippen LogP contribution in [0.3, 0.4) is 0 Å². The average molecular weight is 212 g/mol. The zero-order valence-corrected chi connectivity index (χ0v) is 9.53. The predicted octanol–water partition coefficient (Wildman–Crippen LogP) is 2.03. The summed E-state index contributed by atoms with van der Waals surface area (Å²) in [6.45, 7) is 3.95. The van der Waals surface area contributed by atoms with Crippen molar-refractivity contribution in [3.8, 4) is 6.07 Å². The van der Waals surface area contributed by atoms with Crippen LogP contribution < -0.4 is 5.56 Å². The number of aryl methyl sites for hydroxylation is 3. The van der Waals surface area contributed by atoms with E-state index in [2.05, 4.69) is 0 Å². The molecule has 1 aromatic carbocycles. The van der Waals surface area contributed by atoms with E-state index < -0.39 is 0 Å². The van der Waals surface area contributed by atoms with Crippen molar-refractivity contribution in [1.82, 2.24) is 4.57 Å². The first kappa shape index (κ1) is 10.4. The number of benzene rings is 1. The van der Waals surface area contributed by atoms with Crippen molar-refractivity contribution in [2.24, 2.45) is 7.05 Å². The van der Waals surface area contributed by atoms with Gasteiger partial charge in [-0.1, -0.05) is 12.1 Å². The fourth-order valence-corrected chi connectivity index (χ4v) is 2.01. The van der Waals surface area contributed by atoms with Gasteiger partial charge in [0.1, 0.15) is 11.6 Å². The summed E-state index contributed by atoms with van der Waals surface area (Å²) in [4.78, 5) is 11.8. The highest BCUT2D eigenvalue weighted by atomic mass is 16.1. The third kappa shape index (κ3) is 1.31. The van der Waals surface area contributed by atoms with Crippen molar-refractivity contribution < 1.29 is 0 Å². The van der Waals surface area contributed by atoms with Crippen LogP contribution in [0.4, 0.5) is 0 Å². The van der Waals surface area contributed by atoms with Crippen LogP contribution in [0, 0.1) is 25.2 Å². The lowest BCUT2D eigenvalue weighted by molar-refractivity contribution is 0.896. The number of nitrogens with zero attached hydrogens (tertiary/aromatic N) is 2. The molecule has 0 bridgehead atoms. The molecule has 0 spiro atoms. The molecule has 0 fully saturated rings. The van der Waals surface area contributed by atoms with Gasteiger partial charge in [-0.2, -0.15) is 5.26 Å². The topological polar surface area (TPSA) is 45.8 Å². The van der Waals surface area contributed by atoms with Gasteiger partial charge >= 0.3 is 0 Å². The summed E-state index contributed by atoms with van der Waals surface area (Å²) in [5.41, 5.74) is 2.99. The molecule has 0 N–H and O–H groups in total. The lowest BCUT2D eigenvalue weighted by atomic mass is 10.0. The van der Waals surface area contributed by atoms with Gasteiger partial charge < -0.3 is 4.57 Å². The zero-order chi connectivity index (χ0) is 11.9. The summed E-state index contributed by atoms with van der Waals surface area (Å²) >= 11 is 0. The minimum Gasteiger partial charge on any atom is -0.310 e. The van der Waals surface area contributed by atoms with Gasteiger partial charge in [0.05, 0.1) is 5.52 Å². The Hall–Kier alpha value is -2.08. The molecule has 1 aromatic heterocycles. The van der Waals surface area contributed by atoms with E-state index in [-0.39, 0.29) is 11.1 Å². The molecule has 2 rings (SSSR count). The first-order valence-corrected chi connectivity index (χ1v) is 5.06. The Morgan fingerprint density at radius 1 is 1.25 bits per heavy atom. The smallest absolute Gasteiger partial charge is 0.268 e. The molecule has 80 valence electrons. The number of pyridine rings is 1. The first-order chi connectivity index (χ1) is 7.56. The molecule has 0 atom stereocenters. The lowest BCUT2D eigenvalue weighted by Crippen LogP contribution is -2.20. The van der Waals surface area contributed by atoms with E-state index in [9.17, 15) is 4.79 Å². The molecular formula is C13H12N2O. The molecular weight excluding hydrogens is 200 g/mol. The monoisotopic (exact) mass is 212 g/mol. The van der Waals surface area contributed by atoms with Crippen LogP contribution in [-0.2, 0) is 7.05 Å². The fraction of sp³-hybridized carbons (Fsp3) is 0.231. The Morgan fingerprint density at radius 3 is 2.50 bits per heavy atom. The minimum absolute atomic E-state index is 0.198. The molecule has 0 amide bonds. The molecule has 3 nitrogen and oxygen atoms in total. The average Bonchev–Trinajstić information content (AvgIpc) is 2.27. The second-order valence-electron chi connectivity index (χ2n) is 4.00. The Morgan fingerprint density at radius 2 is 1.88 bits per heavy atom. The summed E-state index contributed by atoms with van der Waals surface area (Å²) in [5, 5.41) is 9.87. The molecule has 0 aliphatic heterocycles. The van der Waals surface area contributed by atoms with Crippen molar-refractivity contribution in [2.45, 2.75) is 13.8 Å². The van der Waals surface area contributed by atoms with Gasteiger partial charge in [0, 0.05) is 12.4 Å². The van der Waals surface area contributed by atoms with Crippen LogP contribution in [0.25, 0.3) is 10.9 Å². The van der Waals surface area contributed by atoms with Gasteiger partial charge in [-0.15, -0.1) is 0 Å². The van der Waals surface area contributed by atoms with Crippen LogP contribution in [-0.4, -0.2) is 4.57 Å². The molecule has 0 saturated carbocycles. The number of fused-ring (bicyclic) bond motifs is 1. The quantitative estimate of drug-likeness (QED) is 0.670. The Bertz CT molecular complexity index is 675. The molecule has 0 aliphatic rings. The highest BCUT2D eigenvalue weighted by Crippen LogP contribution is 2.20. The molecule has 2 aromatic rings. The normalized spacial score (nSPS) is 10.4. The van der Waals surface area contributed by atoms with E-state index in [0.717, 1.165) is 22.0 Å². The minimum atomic E-state index is -0.233. The Kier molecular flexibility index (Phi) is 2.28. The van der Waals surface area contributed by atoms with Crippen molar-refractivity contribution >= 4 is 10.9 Å². The van der Waals surface area contributed by atoms with Crippen molar-refractivity contribution in [3.63, 3.8) is 0 Å². The van der Waals surface area contributed by atoms with E-state index in [1.165, 1.54) is 0 Å². The molecule has 0 radical (unpaired) electrons. The molecule has 1 heterocycles. The SMILES string of the molecule is Cc1ccc(C)c2c1cc(C#N)c(=O)n2C. The van der Waals surface area contributed by atoms with Crippen molar-refractivity contribution in [1.29, 1.82) is 5.26 Å². The summed E-state index contributed by atoms with van der Waals surface area (Å²) in [5.74, 6) is 0. The fourth-order valence-electron chi connectivity index (χ4n) is 2.01. The number of nitriles is 1. The maximum Gasteiger partial charge on any atom is 0.268 e. The number of rotatable bonds is 0.